The molecule has 1 heterocycles. The van der Waals surface area contributed by atoms with Crippen LogP contribution < -0.4 is 0 Å². The fourth-order valence-corrected chi connectivity index (χ4v) is 4.89. The van der Waals surface area contributed by atoms with E-state index >= 15 is 0 Å². The number of carbonyl (C=O) groups is 2. The van der Waals surface area contributed by atoms with Gasteiger partial charge in [-0.3, -0.25) is 0 Å². The van der Waals surface area contributed by atoms with Gasteiger partial charge in [-0.15, -0.1) is 0 Å². The first-order chi connectivity index (χ1) is 13.2. The number of nitrogens with zero attached hydrogens (tertiary/aromatic N) is 1. The molecule has 0 saturated heterocycles. The monoisotopic (exact) mass is 471 g/mol. The molecule has 1 aromatic carbocycles. The molecular formula is C20H27AsClNO5. The molecule has 0 spiro atoms. The summed E-state index contributed by atoms with van der Waals surface area (Å²) in [6, 6.07) is 6.16. The van der Waals surface area contributed by atoms with Gasteiger partial charge >= 0.3 is 179 Å². The van der Waals surface area contributed by atoms with E-state index in [1.54, 1.807) is 45.0 Å². The molecule has 5 atom stereocenters. The average molecular weight is 472 g/mol. The predicted octanol–water partition coefficient (Wildman–Crippen LogP) is 2.91. The second-order valence-electron chi connectivity index (χ2n) is 7.25. The Morgan fingerprint density at radius 1 is 1.29 bits per heavy atom. The minimum absolute atomic E-state index is 0.123. The normalized spacial score (nSPS) is 30.0. The van der Waals surface area contributed by atoms with Crippen LogP contribution in [0.1, 0.15) is 38.7 Å². The summed E-state index contributed by atoms with van der Waals surface area (Å²) in [5.74, 6) is -3.10. The van der Waals surface area contributed by atoms with Crippen molar-refractivity contribution in [1.82, 2.24) is 0 Å². The fourth-order valence-electron chi connectivity index (χ4n) is 4.30. The molecule has 0 amide bonds. The zero-order valence-corrected chi connectivity index (χ0v) is 19.5. The van der Waals surface area contributed by atoms with E-state index in [1.807, 2.05) is 0 Å². The number of ether oxygens (including phenoxy) is 1. The molecular weight excluding hydrogens is 445 g/mol. The van der Waals surface area contributed by atoms with Crippen LogP contribution >= 0.6 is 11.6 Å². The number of halogens is 1. The van der Waals surface area contributed by atoms with Gasteiger partial charge in [-0.25, -0.2) is 0 Å². The van der Waals surface area contributed by atoms with Gasteiger partial charge in [0.05, 0.1) is 0 Å². The molecule has 0 fully saturated rings. The molecule has 0 saturated carbocycles. The third-order valence-corrected chi connectivity index (χ3v) is 6.81. The van der Waals surface area contributed by atoms with Crippen molar-refractivity contribution in [3.63, 3.8) is 0 Å². The SMILES string of the molecule is CCC1(C(=O)O)C(COCC[AsH2])N=C(C)C(C)(C(=O)O)C1c1ccccc1Cl. The summed E-state index contributed by atoms with van der Waals surface area (Å²) in [6.07, 6.45) is 0.196. The fraction of sp³-hybridized carbons (Fsp3) is 0.550. The molecule has 1 aliphatic heterocycles. The third-order valence-electron chi connectivity index (χ3n) is 5.97. The van der Waals surface area contributed by atoms with Crippen molar-refractivity contribution in [2.45, 2.75) is 44.4 Å². The molecule has 154 valence electrons. The van der Waals surface area contributed by atoms with Crippen molar-refractivity contribution < 1.29 is 24.5 Å². The molecule has 2 rings (SSSR count). The summed E-state index contributed by atoms with van der Waals surface area (Å²) in [7, 11) is 0. The number of carboxylic acid groups (broad SMARTS) is 2. The number of benzene rings is 1. The summed E-state index contributed by atoms with van der Waals surface area (Å²) in [6.45, 7) is 5.58. The van der Waals surface area contributed by atoms with Gasteiger partial charge in [-0.05, 0) is 0 Å². The molecule has 28 heavy (non-hydrogen) atoms. The molecule has 6 nitrogen and oxygen atoms in total. The molecule has 0 radical (unpaired) electrons. The van der Waals surface area contributed by atoms with E-state index in [1.165, 1.54) is 16.9 Å². The molecule has 1 aliphatic rings. The number of hydrogen-bond donors (Lipinski definition) is 2. The van der Waals surface area contributed by atoms with Crippen LogP contribution in [0, 0.1) is 10.8 Å². The van der Waals surface area contributed by atoms with Crippen LogP contribution in [0.2, 0.25) is 10.2 Å². The van der Waals surface area contributed by atoms with Crippen LogP contribution in [0.15, 0.2) is 29.3 Å². The van der Waals surface area contributed by atoms with Crippen LogP contribution in [0.3, 0.4) is 0 Å². The van der Waals surface area contributed by atoms with Crippen LogP contribution in [-0.2, 0) is 14.3 Å². The van der Waals surface area contributed by atoms with E-state index in [4.69, 9.17) is 16.3 Å². The Morgan fingerprint density at radius 3 is 2.43 bits per heavy atom. The molecule has 0 aliphatic carbocycles. The van der Waals surface area contributed by atoms with Gasteiger partial charge in [0.15, 0.2) is 0 Å². The predicted molar refractivity (Wildman–Crippen MR) is 111 cm³/mol. The molecule has 0 aromatic heterocycles. The van der Waals surface area contributed by atoms with Crippen LogP contribution in [-0.4, -0.2) is 64.0 Å². The first-order valence-corrected chi connectivity index (χ1v) is 11.3. The van der Waals surface area contributed by atoms with Crippen molar-refractivity contribution in [2.24, 2.45) is 15.8 Å². The summed E-state index contributed by atoms with van der Waals surface area (Å²) in [4.78, 5) is 29.7. The van der Waals surface area contributed by atoms with Crippen molar-refractivity contribution >= 4 is 46.1 Å². The molecule has 2 N–H and O–H groups in total. The van der Waals surface area contributed by atoms with E-state index in [-0.39, 0.29) is 13.0 Å². The Hall–Kier alpha value is -1.36. The van der Waals surface area contributed by atoms with Crippen LogP contribution in [0.25, 0.3) is 0 Å². The summed E-state index contributed by atoms with van der Waals surface area (Å²) in [5, 5.41) is 21.7. The molecule has 8 heteroatoms. The number of aliphatic imine (C=N–C) groups is 1. The Labute approximate surface area is 178 Å². The van der Waals surface area contributed by atoms with Gasteiger partial charge < -0.3 is 0 Å². The summed E-state index contributed by atoms with van der Waals surface area (Å²) in [5.41, 5.74) is -2.08. The van der Waals surface area contributed by atoms with Gasteiger partial charge in [-0.2, -0.15) is 0 Å². The van der Waals surface area contributed by atoms with Crippen LogP contribution in [0.5, 0.6) is 0 Å². The average Bonchev–Trinajstić information content (AvgIpc) is 2.64. The summed E-state index contributed by atoms with van der Waals surface area (Å²) < 4.78 is 5.69. The number of rotatable bonds is 8. The van der Waals surface area contributed by atoms with Crippen molar-refractivity contribution in [3.8, 4) is 0 Å². The summed E-state index contributed by atoms with van der Waals surface area (Å²) >= 11 is 7.97. The van der Waals surface area contributed by atoms with Gasteiger partial charge in [0, 0.05) is 0 Å². The van der Waals surface area contributed by atoms with E-state index in [9.17, 15) is 19.8 Å². The van der Waals surface area contributed by atoms with Gasteiger partial charge in [0.2, 0.25) is 0 Å². The van der Waals surface area contributed by atoms with E-state index in [0.29, 0.717) is 22.9 Å². The molecule has 0 bridgehead atoms. The number of hydrogen-bond acceptors (Lipinski definition) is 4. The van der Waals surface area contributed by atoms with Gasteiger partial charge in [0.25, 0.3) is 0 Å². The van der Waals surface area contributed by atoms with Crippen LogP contribution in [0.4, 0.5) is 0 Å². The Balaban J connectivity index is 2.82. The quantitative estimate of drug-likeness (QED) is 0.449. The zero-order chi connectivity index (χ0) is 21.1. The third kappa shape index (κ3) is 3.62. The topological polar surface area (TPSA) is 96.2 Å². The Kier molecular flexibility index (Phi) is 7.35. The standard InChI is InChI=1S/C20H27AsClNO5/c1-4-20(18(26)27)15(11-28-10-9-21)23-12(2)19(3,17(24)25)16(20)13-7-5-6-8-14(13)22/h5-8,15-16H,4,9-11,21H2,1-3H3,(H,24,25)(H,26,27). The van der Waals surface area contributed by atoms with Crippen molar-refractivity contribution in [1.29, 1.82) is 0 Å². The number of carboxylic acids is 2. The van der Waals surface area contributed by atoms with Gasteiger partial charge in [0.1, 0.15) is 0 Å². The number of aliphatic carboxylic acids is 2. The van der Waals surface area contributed by atoms with Crippen molar-refractivity contribution in [3.05, 3.63) is 34.9 Å². The first kappa shape index (κ1) is 22.9. The van der Waals surface area contributed by atoms with E-state index in [2.05, 4.69) is 4.99 Å². The van der Waals surface area contributed by atoms with Crippen molar-refractivity contribution in [2.75, 3.05) is 13.2 Å². The maximum absolute atomic E-state index is 12.7. The van der Waals surface area contributed by atoms with E-state index < -0.39 is 34.7 Å². The Bertz CT molecular complexity index is 786. The van der Waals surface area contributed by atoms with Gasteiger partial charge in [-0.1, -0.05) is 0 Å². The first-order valence-electron chi connectivity index (χ1n) is 9.21. The zero-order valence-electron chi connectivity index (χ0n) is 16.3. The maximum atomic E-state index is 12.7. The minimum atomic E-state index is -1.51. The second-order valence-corrected chi connectivity index (χ2v) is 8.87. The van der Waals surface area contributed by atoms with E-state index in [0.717, 1.165) is 5.21 Å². The molecule has 5 unspecified atom stereocenters. The second kappa shape index (κ2) is 8.98. The Morgan fingerprint density at radius 2 is 1.93 bits per heavy atom. The molecule has 1 aromatic rings.